The quantitative estimate of drug-likeness (QED) is 0.153. The lowest BCUT2D eigenvalue weighted by atomic mass is 9.86. The smallest absolute Gasteiger partial charge is 0.231 e. The Balaban J connectivity index is 1.47. The fourth-order valence-electron chi connectivity index (χ4n) is 5.77. The van der Waals surface area contributed by atoms with Crippen molar-refractivity contribution in [3.05, 3.63) is 59.8 Å². The molecule has 0 radical (unpaired) electrons. The molecule has 1 saturated heterocycles. The molecule has 0 spiro atoms. The Kier molecular flexibility index (Phi) is 9.48. The third kappa shape index (κ3) is 6.69. The molecule has 1 atom stereocenters. The zero-order chi connectivity index (χ0) is 31.6. The van der Waals surface area contributed by atoms with Crippen molar-refractivity contribution in [3.63, 3.8) is 0 Å². The molecule has 0 amide bonds. The zero-order valence-electron chi connectivity index (χ0n) is 26.4. The molecule has 4 N–H and O–H groups in total. The fourth-order valence-corrected chi connectivity index (χ4v) is 6.97. The summed E-state index contributed by atoms with van der Waals surface area (Å²) in [6, 6.07) is 13.2. The molecule has 1 aliphatic heterocycles. The number of H-pyrrole nitrogens is 1. The lowest BCUT2D eigenvalue weighted by Gasteiger charge is -2.36. The van der Waals surface area contributed by atoms with E-state index in [1.165, 1.54) is 5.56 Å². The topological polar surface area (TPSA) is 132 Å². The second-order valence-electron chi connectivity index (χ2n) is 12.2. The molecule has 1 fully saturated rings. The van der Waals surface area contributed by atoms with E-state index in [0.29, 0.717) is 29.0 Å². The van der Waals surface area contributed by atoms with Crippen molar-refractivity contribution in [2.24, 2.45) is 0 Å². The molecule has 1 aliphatic rings. The number of benzene rings is 2. The molecule has 2 aromatic heterocycles. The first-order chi connectivity index (χ1) is 21.0. The van der Waals surface area contributed by atoms with Crippen LogP contribution in [0.15, 0.2) is 53.6 Å². The zero-order valence-corrected chi connectivity index (χ0v) is 27.2. The summed E-state index contributed by atoms with van der Waals surface area (Å²) >= 11 is 0. The number of rotatable bonds is 11. The molecule has 1 unspecified atom stereocenters. The maximum absolute atomic E-state index is 13.1. The van der Waals surface area contributed by atoms with Crippen LogP contribution in [0.1, 0.15) is 64.5 Å². The highest BCUT2D eigenvalue weighted by Gasteiger charge is 2.26. The number of ether oxygens (including phenoxy) is 1. The summed E-state index contributed by atoms with van der Waals surface area (Å²) in [4.78, 5) is 15.2. The second-order valence-corrected chi connectivity index (χ2v) is 14.7. The van der Waals surface area contributed by atoms with E-state index in [1.54, 1.807) is 44.3 Å². The number of nitrogens with zero attached hydrogens (tertiary/aromatic N) is 3. The molecule has 0 aliphatic carbocycles. The number of hydrogen-bond donors (Lipinski definition) is 4. The van der Waals surface area contributed by atoms with Gasteiger partial charge in [-0.15, -0.1) is 0 Å². The van der Waals surface area contributed by atoms with E-state index in [4.69, 9.17) is 14.7 Å². The van der Waals surface area contributed by atoms with Crippen molar-refractivity contribution in [1.82, 2.24) is 19.9 Å². The summed E-state index contributed by atoms with van der Waals surface area (Å²) in [5.41, 5.74) is 4.25. The number of aliphatic hydroxyl groups is 1. The Morgan fingerprint density at radius 3 is 2.43 bits per heavy atom. The predicted molar refractivity (Wildman–Crippen MR) is 176 cm³/mol. The van der Waals surface area contributed by atoms with E-state index in [1.807, 2.05) is 19.9 Å². The Bertz CT molecular complexity index is 1710. The van der Waals surface area contributed by atoms with Crippen molar-refractivity contribution in [1.29, 1.82) is 0 Å². The first-order valence-electron chi connectivity index (χ1n) is 15.4. The van der Waals surface area contributed by atoms with E-state index in [2.05, 4.69) is 46.5 Å². The number of aromatic nitrogens is 3. The van der Waals surface area contributed by atoms with Crippen molar-refractivity contribution in [3.8, 4) is 5.75 Å². The van der Waals surface area contributed by atoms with Gasteiger partial charge in [-0.05, 0) is 115 Å². The molecule has 11 heteroatoms. The maximum atomic E-state index is 13.1. The molecule has 0 saturated carbocycles. The Morgan fingerprint density at radius 2 is 1.75 bits per heavy atom. The van der Waals surface area contributed by atoms with Crippen molar-refractivity contribution >= 4 is 44.0 Å². The molecular formula is C33H44N6O4S. The van der Waals surface area contributed by atoms with Gasteiger partial charge in [0, 0.05) is 12.2 Å². The molecule has 4 aromatic rings. The molecule has 0 bridgehead atoms. The molecule has 5 rings (SSSR count). The van der Waals surface area contributed by atoms with Gasteiger partial charge in [0.1, 0.15) is 17.2 Å². The van der Waals surface area contributed by atoms with Crippen LogP contribution in [0.4, 0.5) is 23.1 Å². The van der Waals surface area contributed by atoms with Crippen molar-refractivity contribution in [2.45, 2.75) is 82.6 Å². The molecule has 2 aromatic carbocycles. The van der Waals surface area contributed by atoms with Gasteiger partial charge in [0.15, 0.2) is 9.84 Å². The van der Waals surface area contributed by atoms with Crippen molar-refractivity contribution in [2.75, 3.05) is 30.3 Å². The van der Waals surface area contributed by atoms with Crippen LogP contribution in [-0.4, -0.2) is 70.5 Å². The Morgan fingerprint density at radius 1 is 1.02 bits per heavy atom. The van der Waals surface area contributed by atoms with Crippen LogP contribution in [0.2, 0.25) is 0 Å². The summed E-state index contributed by atoms with van der Waals surface area (Å²) in [6.45, 7) is 13.6. The average Bonchev–Trinajstić information content (AvgIpc) is 3.47. The van der Waals surface area contributed by atoms with Gasteiger partial charge < -0.3 is 25.5 Å². The minimum Gasteiger partial charge on any atom is -0.489 e. The SMILES string of the molecule is Cc1cc(Nc2nc(Nc3ccccc3S(=O)(=O)C(C)C)c3cc[nH]c3n2)c(OC(C)C)cc1C1CCN(C(C)CO)CC1. The van der Waals surface area contributed by atoms with E-state index < -0.39 is 15.1 Å². The lowest BCUT2D eigenvalue weighted by molar-refractivity contribution is 0.108. The normalized spacial score (nSPS) is 15.7. The van der Waals surface area contributed by atoms with Crippen LogP contribution in [0.25, 0.3) is 11.0 Å². The summed E-state index contributed by atoms with van der Waals surface area (Å²) in [5, 5.41) is 16.4. The standard InChI is InChI=1S/C33H44N6O4S/c1-20(2)43-29-18-26(24-12-15-39(16-13-24)23(6)19-40)22(5)17-28(29)36-33-37-31-25(11-14-34-31)32(38-33)35-27-9-7-8-10-30(27)44(41,42)21(3)4/h7-11,14,17-18,20-21,23-24,40H,12-13,15-16,19H2,1-6H3,(H3,34,35,36,37,38). The van der Waals surface area contributed by atoms with Gasteiger partial charge in [-0.2, -0.15) is 9.97 Å². The summed E-state index contributed by atoms with van der Waals surface area (Å²) < 4.78 is 32.5. The van der Waals surface area contributed by atoms with Gasteiger partial charge in [0.05, 0.1) is 39.6 Å². The van der Waals surface area contributed by atoms with Gasteiger partial charge in [-0.25, -0.2) is 8.42 Å². The third-order valence-electron chi connectivity index (χ3n) is 8.32. The van der Waals surface area contributed by atoms with Gasteiger partial charge in [-0.3, -0.25) is 4.90 Å². The molecule has 3 heterocycles. The summed E-state index contributed by atoms with van der Waals surface area (Å²) in [6.07, 6.45) is 3.79. The highest BCUT2D eigenvalue weighted by atomic mass is 32.2. The highest BCUT2D eigenvalue weighted by Crippen LogP contribution is 2.39. The minimum atomic E-state index is -3.53. The van der Waals surface area contributed by atoms with E-state index in [-0.39, 0.29) is 23.6 Å². The number of aromatic amines is 1. The summed E-state index contributed by atoms with van der Waals surface area (Å²) in [5.74, 6) is 1.96. The van der Waals surface area contributed by atoms with Crippen LogP contribution in [0.3, 0.4) is 0 Å². The number of para-hydroxylation sites is 1. The van der Waals surface area contributed by atoms with Gasteiger partial charge >= 0.3 is 0 Å². The van der Waals surface area contributed by atoms with Crippen LogP contribution in [0.5, 0.6) is 5.75 Å². The van der Waals surface area contributed by atoms with Crippen LogP contribution in [0, 0.1) is 6.92 Å². The minimum absolute atomic E-state index is 0.0400. The lowest BCUT2D eigenvalue weighted by Crippen LogP contribution is -2.41. The number of piperidine rings is 1. The third-order valence-corrected chi connectivity index (χ3v) is 10.5. The number of fused-ring (bicyclic) bond motifs is 1. The van der Waals surface area contributed by atoms with E-state index >= 15 is 0 Å². The average molecular weight is 621 g/mol. The number of hydrogen-bond acceptors (Lipinski definition) is 9. The number of likely N-dealkylation sites (tertiary alicyclic amines) is 1. The van der Waals surface area contributed by atoms with Gasteiger partial charge in [0.25, 0.3) is 0 Å². The first-order valence-corrected chi connectivity index (χ1v) is 16.9. The van der Waals surface area contributed by atoms with Crippen LogP contribution >= 0.6 is 0 Å². The number of nitrogens with one attached hydrogen (secondary N) is 3. The number of aliphatic hydroxyl groups excluding tert-OH is 1. The highest BCUT2D eigenvalue weighted by molar-refractivity contribution is 7.92. The second kappa shape index (κ2) is 13.1. The number of anilines is 4. The number of sulfone groups is 1. The predicted octanol–water partition coefficient (Wildman–Crippen LogP) is 6.28. The Labute approximate surface area is 260 Å². The summed E-state index contributed by atoms with van der Waals surface area (Å²) in [7, 11) is -3.53. The maximum Gasteiger partial charge on any atom is 0.231 e. The van der Waals surface area contributed by atoms with Gasteiger partial charge in [0.2, 0.25) is 5.95 Å². The number of aryl methyl sites for hydroxylation is 1. The molecule has 44 heavy (non-hydrogen) atoms. The fraction of sp³-hybridized carbons (Fsp3) is 0.455. The Hall–Kier alpha value is -3.67. The van der Waals surface area contributed by atoms with E-state index in [0.717, 1.165) is 48.3 Å². The van der Waals surface area contributed by atoms with E-state index in [9.17, 15) is 13.5 Å². The monoisotopic (exact) mass is 620 g/mol. The molecular weight excluding hydrogens is 576 g/mol. The largest absolute Gasteiger partial charge is 0.489 e. The van der Waals surface area contributed by atoms with Crippen LogP contribution < -0.4 is 15.4 Å². The molecule has 236 valence electrons. The van der Waals surface area contributed by atoms with Crippen LogP contribution in [-0.2, 0) is 9.84 Å². The van der Waals surface area contributed by atoms with Crippen molar-refractivity contribution < 1.29 is 18.3 Å². The molecule has 10 nitrogen and oxygen atoms in total. The first kappa shape index (κ1) is 31.7. The van der Waals surface area contributed by atoms with Gasteiger partial charge in [-0.1, -0.05) is 12.1 Å².